The Labute approximate surface area is 129 Å². The standard InChI is InChI=1S/C17H20N2OS/c1-11-4-9-16(12(2)10-11)19-17(20)13(3)21-15-7-5-14(18)6-8-15/h4-10,13H,18H2,1-3H3,(H,19,20). The van der Waals surface area contributed by atoms with E-state index >= 15 is 0 Å². The van der Waals surface area contributed by atoms with E-state index in [-0.39, 0.29) is 11.2 Å². The molecule has 110 valence electrons. The van der Waals surface area contributed by atoms with Gasteiger partial charge in [0.15, 0.2) is 0 Å². The molecule has 0 saturated carbocycles. The number of nitrogens with two attached hydrogens (primary N) is 1. The maximum atomic E-state index is 12.3. The lowest BCUT2D eigenvalue weighted by atomic mass is 10.1. The second-order valence-electron chi connectivity index (χ2n) is 5.14. The molecule has 2 aromatic carbocycles. The summed E-state index contributed by atoms with van der Waals surface area (Å²) in [5.74, 6) is 0.00350. The summed E-state index contributed by atoms with van der Waals surface area (Å²) in [4.78, 5) is 13.3. The summed E-state index contributed by atoms with van der Waals surface area (Å²) in [6, 6.07) is 13.6. The van der Waals surface area contributed by atoms with Crippen molar-refractivity contribution in [2.75, 3.05) is 11.1 Å². The molecule has 21 heavy (non-hydrogen) atoms. The van der Waals surface area contributed by atoms with Crippen molar-refractivity contribution in [3.8, 4) is 0 Å². The van der Waals surface area contributed by atoms with Crippen LogP contribution in [0.3, 0.4) is 0 Å². The summed E-state index contributed by atoms with van der Waals surface area (Å²) in [7, 11) is 0. The molecule has 0 fully saturated rings. The highest BCUT2D eigenvalue weighted by Crippen LogP contribution is 2.25. The first-order chi connectivity index (χ1) is 9.95. The molecule has 2 aromatic rings. The molecule has 0 aliphatic carbocycles. The van der Waals surface area contributed by atoms with E-state index in [1.807, 2.05) is 57.2 Å². The number of carbonyl (C=O) groups is 1. The highest BCUT2D eigenvalue weighted by Gasteiger charge is 2.15. The molecule has 0 aliphatic rings. The van der Waals surface area contributed by atoms with Gasteiger partial charge in [-0.1, -0.05) is 17.7 Å². The summed E-state index contributed by atoms with van der Waals surface area (Å²) >= 11 is 1.52. The number of benzene rings is 2. The van der Waals surface area contributed by atoms with Gasteiger partial charge in [0.05, 0.1) is 5.25 Å². The van der Waals surface area contributed by atoms with Crippen LogP contribution >= 0.6 is 11.8 Å². The fourth-order valence-electron chi connectivity index (χ4n) is 1.99. The molecule has 1 amide bonds. The van der Waals surface area contributed by atoms with E-state index in [2.05, 4.69) is 11.4 Å². The fraction of sp³-hybridized carbons (Fsp3) is 0.235. The maximum absolute atomic E-state index is 12.3. The highest BCUT2D eigenvalue weighted by molar-refractivity contribution is 8.00. The van der Waals surface area contributed by atoms with Gasteiger partial charge in [-0.2, -0.15) is 0 Å². The third-order valence-electron chi connectivity index (χ3n) is 3.20. The molecule has 0 heterocycles. The van der Waals surface area contributed by atoms with Crippen LogP contribution in [-0.4, -0.2) is 11.2 Å². The van der Waals surface area contributed by atoms with Crippen molar-refractivity contribution in [3.63, 3.8) is 0 Å². The number of anilines is 2. The lowest BCUT2D eigenvalue weighted by Gasteiger charge is -2.14. The molecule has 0 aliphatic heterocycles. The number of nitrogen functional groups attached to an aromatic ring is 1. The molecule has 0 bridgehead atoms. The Morgan fingerprint density at radius 1 is 1.14 bits per heavy atom. The molecule has 2 rings (SSSR count). The molecule has 3 nitrogen and oxygen atoms in total. The van der Waals surface area contributed by atoms with Gasteiger partial charge in [0, 0.05) is 16.3 Å². The Kier molecular flexibility index (Phi) is 4.91. The van der Waals surface area contributed by atoms with Gasteiger partial charge in [-0.3, -0.25) is 4.79 Å². The van der Waals surface area contributed by atoms with Crippen LogP contribution in [0, 0.1) is 13.8 Å². The van der Waals surface area contributed by atoms with Crippen LogP contribution in [0.5, 0.6) is 0 Å². The predicted octanol–water partition coefficient (Wildman–Crippen LogP) is 4.00. The minimum Gasteiger partial charge on any atom is -0.399 e. The molecular weight excluding hydrogens is 280 g/mol. The van der Waals surface area contributed by atoms with E-state index in [0.29, 0.717) is 0 Å². The van der Waals surface area contributed by atoms with Gasteiger partial charge in [-0.15, -0.1) is 11.8 Å². The summed E-state index contributed by atoms with van der Waals surface area (Å²) in [6.45, 7) is 5.94. The first kappa shape index (κ1) is 15.4. The molecule has 3 N–H and O–H groups in total. The number of nitrogens with one attached hydrogen (secondary N) is 1. The fourth-order valence-corrected chi connectivity index (χ4v) is 2.86. The van der Waals surface area contributed by atoms with Crippen LogP contribution < -0.4 is 11.1 Å². The Morgan fingerprint density at radius 2 is 1.81 bits per heavy atom. The summed E-state index contributed by atoms with van der Waals surface area (Å²) < 4.78 is 0. The molecule has 0 spiro atoms. The van der Waals surface area contributed by atoms with Gasteiger partial charge in [0.25, 0.3) is 0 Å². The van der Waals surface area contributed by atoms with Crippen molar-refractivity contribution >= 4 is 29.0 Å². The van der Waals surface area contributed by atoms with Crippen LogP contribution in [0.4, 0.5) is 11.4 Å². The van der Waals surface area contributed by atoms with Gasteiger partial charge in [-0.05, 0) is 56.7 Å². The SMILES string of the molecule is Cc1ccc(NC(=O)C(C)Sc2ccc(N)cc2)c(C)c1. The summed E-state index contributed by atoms with van der Waals surface area (Å²) in [5, 5.41) is 2.81. The number of carbonyl (C=O) groups excluding carboxylic acids is 1. The number of rotatable bonds is 4. The summed E-state index contributed by atoms with van der Waals surface area (Å²) in [6.07, 6.45) is 0. The average molecular weight is 300 g/mol. The Morgan fingerprint density at radius 3 is 2.43 bits per heavy atom. The zero-order chi connectivity index (χ0) is 15.4. The summed E-state index contributed by atoms with van der Waals surface area (Å²) in [5.41, 5.74) is 9.53. The van der Waals surface area contributed by atoms with Crippen LogP contribution in [0.25, 0.3) is 0 Å². The minimum absolute atomic E-state index is 0.00350. The van der Waals surface area contributed by atoms with Gasteiger partial charge in [0.1, 0.15) is 0 Å². The van der Waals surface area contributed by atoms with E-state index in [9.17, 15) is 4.79 Å². The zero-order valence-corrected chi connectivity index (χ0v) is 13.3. The quantitative estimate of drug-likeness (QED) is 0.662. The van der Waals surface area contributed by atoms with E-state index in [1.54, 1.807) is 0 Å². The van der Waals surface area contributed by atoms with E-state index in [4.69, 9.17) is 5.73 Å². The largest absolute Gasteiger partial charge is 0.399 e. The lowest BCUT2D eigenvalue weighted by molar-refractivity contribution is -0.115. The van der Waals surface area contributed by atoms with Gasteiger partial charge >= 0.3 is 0 Å². The second-order valence-corrected chi connectivity index (χ2v) is 6.55. The molecule has 0 aromatic heterocycles. The number of thioether (sulfide) groups is 1. The molecule has 0 saturated heterocycles. The number of hydrogen-bond acceptors (Lipinski definition) is 3. The van der Waals surface area contributed by atoms with E-state index < -0.39 is 0 Å². The predicted molar refractivity (Wildman–Crippen MR) is 90.7 cm³/mol. The van der Waals surface area contributed by atoms with Gasteiger partial charge in [0.2, 0.25) is 5.91 Å². The normalized spacial score (nSPS) is 12.0. The molecule has 1 atom stereocenters. The molecule has 1 unspecified atom stereocenters. The first-order valence-corrected chi connectivity index (χ1v) is 7.74. The molecule has 4 heteroatoms. The second kappa shape index (κ2) is 6.68. The van der Waals surface area contributed by atoms with Crippen molar-refractivity contribution in [1.82, 2.24) is 0 Å². The third-order valence-corrected chi connectivity index (χ3v) is 4.31. The number of hydrogen-bond donors (Lipinski definition) is 2. The monoisotopic (exact) mass is 300 g/mol. The van der Waals surface area contributed by atoms with Crippen LogP contribution in [-0.2, 0) is 4.79 Å². The smallest absolute Gasteiger partial charge is 0.237 e. The van der Waals surface area contributed by atoms with Crippen LogP contribution in [0.15, 0.2) is 47.4 Å². The zero-order valence-electron chi connectivity index (χ0n) is 12.5. The van der Waals surface area contributed by atoms with Crippen molar-refractivity contribution < 1.29 is 4.79 Å². The lowest BCUT2D eigenvalue weighted by Crippen LogP contribution is -2.22. The third kappa shape index (κ3) is 4.26. The van der Waals surface area contributed by atoms with Crippen molar-refractivity contribution in [2.45, 2.75) is 30.9 Å². The van der Waals surface area contributed by atoms with Gasteiger partial charge in [-0.25, -0.2) is 0 Å². The number of amides is 1. The van der Waals surface area contributed by atoms with Crippen molar-refractivity contribution in [3.05, 3.63) is 53.6 Å². The first-order valence-electron chi connectivity index (χ1n) is 6.86. The topological polar surface area (TPSA) is 55.1 Å². The van der Waals surface area contributed by atoms with Crippen molar-refractivity contribution in [2.24, 2.45) is 0 Å². The van der Waals surface area contributed by atoms with Crippen LogP contribution in [0.2, 0.25) is 0 Å². The average Bonchev–Trinajstić information content (AvgIpc) is 2.44. The highest BCUT2D eigenvalue weighted by atomic mass is 32.2. The molecule has 0 radical (unpaired) electrons. The Bertz CT molecular complexity index is 638. The van der Waals surface area contributed by atoms with E-state index in [1.165, 1.54) is 17.3 Å². The van der Waals surface area contributed by atoms with E-state index in [0.717, 1.165) is 21.8 Å². The molecular formula is C17H20N2OS. The number of aryl methyl sites for hydroxylation is 2. The Balaban J connectivity index is 2.00. The Hall–Kier alpha value is -1.94. The van der Waals surface area contributed by atoms with Gasteiger partial charge < -0.3 is 11.1 Å². The van der Waals surface area contributed by atoms with Crippen molar-refractivity contribution in [1.29, 1.82) is 0 Å². The maximum Gasteiger partial charge on any atom is 0.237 e. The van der Waals surface area contributed by atoms with Crippen LogP contribution in [0.1, 0.15) is 18.1 Å². The minimum atomic E-state index is -0.172.